The second kappa shape index (κ2) is 14.5. The molecular weight excluding hydrogens is 596 g/mol. The lowest BCUT2D eigenvalue weighted by Crippen LogP contribution is -2.50. The Kier molecular flexibility index (Phi) is 10.1. The zero-order valence-electron chi connectivity index (χ0n) is 28.6. The Morgan fingerprint density at radius 2 is 0.875 bits per heavy atom. The zero-order chi connectivity index (χ0) is 33.7. The van der Waals surface area contributed by atoms with Gasteiger partial charge in [-0.25, -0.2) is 0 Å². The van der Waals surface area contributed by atoms with Crippen LogP contribution in [0, 0.1) is 0 Å². The fraction of sp³-hybridized carbons (Fsp3) is 0.381. The van der Waals surface area contributed by atoms with Crippen LogP contribution in [0.25, 0.3) is 0 Å². The maximum absolute atomic E-state index is 14.6. The van der Waals surface area contributed by atoms with E-state index < -0.39 is 11.4 Å². The molecule has 2 amide bonds. The van der Waals surface area contributed by atoms with Gasteiger partial charge in [0.15, 0.2) is 0 Å². The van der Waals surface area contributed by atoms with Crippen LogP contribution in [0.1, 0.15) is 74.6 Å². The summed E-state index contributed by atoms with van der Waals surface area (Å²) in [6, 6.07) is 40.8. The molecule has 2 saturated heterocycles. The number of ether oxygens (including phenoxy) is 2. The Balaban J connectivity index is 1.32. The highest BCUT2D eigenvalue weighted by Gasteiger charge is 2.47. The third kappa shape index (κ3) is 7.56. The first kappa shape index (κ1) is 33.6. The van der Waals surface area contributed by atoms with Crippen molar-refractivity contribution in [1.82, 2.24) is 9.80 Å². The lowest BCUT2D eigenvalue weighted by molar-refractivity contribution is -0.149. The van der Waals surface area contributed by atoms with Crippen molar-refractivity contribution in [3.05, 3.63) is 144 Å². The van der Waals surface area contributed by atoms with E-state index in [2.05, 4.69) is 48.5 Å². The van der Waals surface area contributed by atoms with Gasteiger partial charge in [-0.15, -0.1) is 0 Å². The summed E-state index contributed by atoms with van der Waals surface area (Å²) in [5.74, 6) is -0.407. The van der Waals surface area contributed by atoms with Gasteiger partial charge in [0.05, 0.1) is 25.3 Å². The number of nitrogens with zero attached hydrogens (tertiary/aromatic N) is 2. The molecule has 0 aliphatic carbocycles. The lowest BCUT2D eigenvalue weighted by atomic mass is 9.76. The van der Waals surface area contributed by atoms with Crippen LogP contribution < -0.4 is 0 Å². The summed E-state index contributed by atoms with van der Waals surface area (Å²) in [7, 11) is 0. The molecule has 0 aromatic heterocycles. The van der Waals surface area contributed by atoms with Crippen LogP contribution in [0.15, 0.2) is 121 Å². The SMILES string of the molecule is CC1(C)OC[C@H](Cc2ccccc2)N1C(=O)C[C@H](c1ccccc1)[C@H](CC(=O)N1[C@@H](Cc2ccccc2)COC1(C)C)c1ccccc1. The van der Waals surface area contributed by atoms with E-state index in [0.29, 0.717) is 13.2 Å². The number of amides is 2. The van der Waals surface area contributed by atoms with Gasteiger partial charge in [-0.2, -0.15) is 0 Å². The molecule has 4 aromatic rings. The summed E-state index contributed by atoms with van der Waals surface area (Å²) in [4.78, 5) is 33.1. The maximum Gasteiger partial charge on any atom is 0.225 e. The second-order valence-electron chi connectivity index (χ2n) is 14.2. The lowest BCUT2D eigenvalue weighted by Gasteiger charge is -2.38. The zero-order valence-corrected chi connectivity index (χ0v) is 28.6. The Bertz CT molecular complexity index is 1520. The second-order valence-corrected chi connectivity index (χ2v) is 14.2. The van der Waals surface area contributed by atoms with Crippen molar-refractivity contribution in [2.75, 3.05) is 13.2 Å². The van der Waals surface area contributed by atoms with Gasteiger partial charge < -0.3 is 19.3 Å². The first-order chi connectivity index (χ1) is 23.1. The molecule has 250 valence electrons. The van der Waals surface area contributed by atoms with E-state index in [0.717, 1.165) is 24.0 Å². The number of hydrogen-bond acceptors (Lipinski definition) is 4. The van der Waals surface area contributed by atoms with Gasteiger partial charge >= 0.3 is 0 Å². The molecule has 0 saturated carbocycles. The minimum absolute atomic E-state index is 0.0347. The smallest absolute Gasteiger partial charge is 0.225 e. The molecule has 2 heterocycles. The summed E-state index contributed by atoms with van der Waals surface area (Å²) in [6.07, 6.45) is 1.95. The Hall–Kier alpha value is -4.26. The quantitative estimate of drug-likeness (QED) is 0.168. The highest BCUT2D eigenvalue weighted by atomic mass is 16.5. The van der Waals surface area contributed by atoms with Crippen LogP contribution >= 0.6 is 0 Å². The highest BCUT2D eigenvalue weighted by molar-refractivity contribution is 5.81. The molecule has 4 aromatic carbocycles. The van der Waals surface area contributed by atoms with Crippen LogP contribution in [0.2, 0.25) is 0 Å². The van der Waals surface area contributed by atoms with Crippen LogP contribution in [0.5, 0.6) is 0 Å². The van der Waals surface area contributed by atoms with Gasteiger partial charge in [0.1, 0.15) is 11.4 Å². The third-order valence-electron chi connectivity index (χ3n) is 10.0. The highest BCUT2D eigenvalue weighted by Crippen LogP contribution is 2.42. The molecule has 0 radical (unpaired) electrons. The van der Waals surface area contributed by atoms with Crippen LogP contribution in [0.4, 0.5) is 0 Å². The van der Waals surface area contributed by atoms with Gasteiger partial charge in [0.2, 0.25) is 11.8 Å². The largest absolute Gasteiger partial charge is 0.354 e. The van der Waals surface area contributed by atoms with Crippen molar-refractivity contribution in [3.63, 3.8) is 0 Å². The summed E-state index contributed by atoms with van der Waals surface area (Å²) >= 11 is 0. The average molecular weight is 645 g/mol. The number of hydrogen-bond donors (Lipinski definition) is 0. The minimum atomic E-state index is -0.739. The topological polar surface area (TPSA) is 59.1 Å². The van der Waals surface area contributed by atoms with Crippen LogP contribution in [0.3, 0.4) is 0 Å². The van der Waals surface area contributed by atoms with Crippen molar-refractivity contribution >= 4 is 11.8 Å². The first-order valence-electron chi connectivity index (χ1n) is 17.2. The van der Waals surface area contributed by atoms with E-state index in [1.165, 1.54) is 11.1 Å². The summed E-state index contributed by atoms with van der Waals surface area (Å²) < 4.78 is 12.5. The summed E-state index contributed by atoms with van der Waals surface area (Å²) in [5.41, 5.74) is 2.96. The van der Waals surface area contributed by atoms with Crippen molar-refractivity contribution in [2.45, 2.75) is 88.7 Å². The van der Waals surface area contributed by atoms with Gasteiger partial charge in [0.25, 0.3) is 0 Å². The first-order valence-corrected chi connectivity index (χ1v) is 17.2. The molecule has 0 unspecified atom stereocenters. The minimum Gasteiger partial charge on any atom is -0.354 e. The standard InChI is InChI=1S/C42H48N2O4/c1-41(2)43(35(29-47-41)25-31-17-9-5-10-18-31)39(45)27-37(33-21-13-7-14-22-33)38(34-23-15-8-16-24-34)28-40(46)44-36(30-48-42(44,3)4)26-32-19-11-6-12-20-32/h5-24,35-38H,25-30H2,1-4H3/t35-,36-,37+,38+/m0/s1. The Morgan fingerprint density at radius 1 is 0.562 bits per heavy atom. The number of rotatable bonds is 11. The van der Waals surface area contributed by atoms with E-state index in [9.17, 15) is 9.59 Å². The fourth-order valence-electron chi connectivity index (χ4n) is 7.81. The van der Waals surface area contributed by atoms with E-state index in [1.807, 2.05) is 110 Å². The van der Waals surface area contributed by atoms with Gasteiger partial charge in [-0.05, 0) is 74.6 Å². The van der Waals surface area contributed by atoms with Crippen molar-refractivity contribution in [3.8, 4) is 0 Å². The van der Waals surface area contributed by atoms with Gasteiger partial charge in [-0.3, -0.25) is 9.59 Å². The summed E-state index contributed by atoms with van der Waals surface area (Å²) in [6.45, 7) is 8.89. The van der Waals surface area contributed by atoms with E-state index >= 15 is 0 Å². The van der Waals surface area contributed by atoms with Crippen LogP contribution in [-0.4, -0.2) is 58.4 Å². The summed E-state index contributed by atoms with van der Waals surface area (Å²) in [5, 5.41) is 0. The molecule has 2 fully saturated rings. The fourth-order valence-corrected chi connectivity index (χ4v) is 7.81. The van der Waals surface area contributed by atoms with E-state index in [4.69, 9.17) is 9.47 Å². The average Bonchev–Trinajstić information content (AvgIpc) is 3.56. The molecule has 4 atom stereocenters. The predicted octanol–water partition coefficient (Wildman–Crippen LogP) is 7.75. The van der Waals surface area contributed by atoms with Crippen LogP contribution in [-0.2, 0) is 31.9 Å². The molecule has 2 aliphatic heterocycles. The molecule has 48 heavy (non-hydrogen) atoms. The van der Waals surface area contributed by atoms with Crippen molar-refractivity contribution in [1.29, 1.82) is 0 Å². The van der Waals surface area contributed by atoms with Crippen molar-refractivity contribution < 1.29 is 19.1 Å². The molecule has 6 heteroatoms. The number of carbonyl (C=O) groups excluding carboxylic acids is 2. The van der Waals surface area contributed by atoms with Gasteiger partial charge in [-0.1, -0.05) is 121 Å². The van der Waals surface area contributed by atoms with Gasteiger partial charge in [0, 0.05) is 12.8 Å². The van der Waals surface area contributed by atoms with E-state index in [1.54, 1.807) is 0 Å². The molecule has 2 aliphatic rings. The molecule has 0 N–H and O–H groups in total. The van der Waals surface area contributed by atoms with E-state index in [-0.39, 0.29) is 48.6 Å². The molecule has 6 nitrogen and oxygen atoms in total. The monoisotopic (exact) mass is 644 g/mol. The molecule has 0 spiro atoms. The third-order valence-corrected chi connectivity index (χ3v) is 10.0. The molecule has 0 bridgehead atoms. The number of benzene rings is 4. The normalized spacial score (nSPS) is 21.2. The Labute approximate surface area is 285 Å². The molecule has 6 rings (SSSR count). The maximum atomic E-state index is 14.6. The molecular formula is C42H48N2O4. The Morgan fingerprint density at radius 3 is 1.21 bits per heavy atom. The predicted molar refractivity (Wildman–Crippen MR) is 189 cm³/mol. The number of carbonyl (C=O) groups is 2. The van der Waals surface area contributed by atoms with Crippen molar-refractivity contribution in [2.24, 2.45) is 0 Å².